The van der Waals surface area contributed by atoms with Gasteiger partial charge in [-0.05, 0) is 55.2 Å². The van der Waals surface area contributed by atoms with Gasteiger partial charge < -0.3 is 14.8 Å². The Labute approximate surface area is 165 Å². The summed E-state index contributed by atoms with van der Waals surface area (Å²) < 4.78 is 11.7. The van der Waals surface area contributed by atoms with Gasteiger partial charge in [0, 0.05) is 12.6 Å². The smallest absolute Gasteiger partial charge is 0.161 e. The van der Waals surface area contributed by atoms with E-state index in [2.05, 4.69) is 17.4 Å². The SMILES string of the molecule is CCOc1cc(CNC2CCCC2)ccc1OCc1ccc(Cl)c(Cl)c1. The molecule has 0 aromatic heterocycles. The molecule has 3 nitrogen and oxygen atoms in total. The van der Waals surface area contributed by atoms with Gasteiger partial charge >= 0.3 is 0 Å². The molecule has 1 aliphatic rings. The average molecular weight is 394 g/mol. The molecule has 0 amide bonds. The predicted octanol–water partition coefficient (Wildman–Crippen LogP) is 6.00. The molecule has 0 aliphatic heterocycles. The third-order valence-corrected chi connectivity index (χ3v) is 5.38. The van der Waals surface area contributed by atoms with E-state index < -0.39 is 0 Å². The maximum atomic E-state index is 6.07. The van der Waals surface area contributed by atoms with E-state index in [1.807, 2.05) is 25.1 Å². The Hall–Kier alpha value is -1.42. The van der Waals surface area contributed by atoms with Gasteiger partial charge in [-0.2, -0.15) is 0 Å². The van der Waals surface area contributed by atoms with E-state index in [9.17, 15) is 0 Å². The number of ether oxygens (including phenoxy) is 2. The largest absolute Gasteiger partial charge is 0.490 e. The molecule has 0 bridgehead atoms. The Bertz CT molecular complexity index is 730. The first-order valence-electron chi connectivity index (χ1n) is 9.21. The Morgan fingerprint density at radius 2 is 1.69 bits per heavy atom. The Morgan fingerprint density at radius 3 is 2.42 bits per heavy atom. The zero-order chi connectivity index (χ0) is 18.4. The summed E-state index contributed by atoms with van der Waals surface area (Å²) in [5.74, 6) is 1.51. The lowest BCUT2D eigenvalue weighted by molar-refractivity contribution is 0.269. The molecule has 0 heterocycles. The van der Waals surface area contributed by atoms with Crippen molar-refractivity contribution in [3.8, 4) is 11.5 Å². The van der Waals surface area contributed by atoms with Crippen LogP contribution in [0.2, 0.25) is 10.0 Å². The zero-order valence-electron chi connectivity index (χ0n) is 15.1. The molecule has 1 fully saturated rings. The van der Waals surface area contributed by atoms with Gasteiger partial charge in [-0.25, -0.2) is 0 Å². The van der Waals surface area contributed by atoms with Crippen molar-refractivity contribution in [2.24, 2.45) is 0 Å². The van der Waals surface area contributed by atoms with Gasteiger partial charge in [0.2, 0.25) is 0 Å². The van der Waals surface area contributed by atoms with E-state index in [1.54, 1.807) is 6.07 Å². The zero-order valence-corrected chi connectivity index (χ0v) is 16.6. The number of hydrogen-bond donors (Lipinski definition) is 1. The van der Waals surface area contributed by atoms with Gasteiger partial charge in [0.05, 0.1) is 16.7 Å². The topological polar surface area (TPSA) is 30.5 Å². The molecule has 1 aliphatic carbocycles. The van der Waals surface area contributed by atoms with Gasteiger partial charge in [0.25, 0.3) is 0 Å². The van der Waals surface area contributed by atoms with Crippen molar-refractivity contribution < 1.29 is 9.47 Å². The number of halogens is 2. The number of rotatable bonds is 8. The summed E-state index contributed by atoms with van der Waals surface area (Å²) in [6, 6.07) is 12.3. The fourth-order valence-electron chi connectivity index (χ4n) is 3.23. The minimum absolute atomic E-state index is 0.413. The Morgan fingerprint density at radius 1 is 0.923 bits per heavy atom. The van der Waals surface area contributed by atoms with Crippen molar-refractivity contribution in [3.63, 3.8) is 0 Å². The molecule has 1 saturated carbocycles. The van der Waals surface area contributed by atoms with Crippen molar-refractivity contribution in [2.45, 2.75) is 51.8 Å². The molecule has 5 heteroatoms. The highest BCUT2D eigenvalue weighted by molar-refractivity contribution is 6.42. The van der Waals surface area contributed by atoms with E-state index >= 15 is 0 Å². The molecule has 0 atom stereocenters. The minimum atomic E-state index is 0.413. The highest BCUT2D eigenvalue weighted by atomic mass is 35.5. The number of nitrogens with one attached hydrogen (secondary N) is 1. The maximum Gasteiger partial charge on any atom is 0.161 e. The fraction of sp³-hybridized carbons (Fsp3) is 0.429. The monoisotopic (exact) mass is 393 g/mol. The Balaban J connectivity index is 1.64. The first kappa shape index (κ1) is 19.3. The van der Waals surface area contributed by atoms with Gasteiger partial charge in [0.15, 0.2) is 11.5 Å². The summed E-state index contributed by atoms with van der Waals surface area (Å²) in [5, 5.41) is 4.71. The summed E-state index contributed by atoms with van der Waals surface area (Å²) in [6.07, 6.45) is 5.24. The molecular formula is C21H25Cl2NO2. The van der Waals surface area contributed by atoms with Crippen molar-refractivity contribution in [1.82, 2.24) is 5.32 Å². The van der Waals surface area contributed by atoms with Crippen molar-refractivity contribution in [1.29, 1.82) is 0 Å². The van der Waals surface area contributed by atoms with Crippen LogP contribution in [-0.2, 0) is 13.2 Å². The van der Waals surface area contributed by atoms with Gasteiger partial charge in [-0.1, -0.05) is 48.2 Å². The van der Waals surface area contributed by atoms with Crippen molar-refractivity contribution in [3.05, 3.63) is 57.6 Å². The molecule has 0 saturated heterocycles. The Kier molecular flexibility index (Phi) is 7.07. The van der Waals surface area contributed by atoms with Crippen LogP contribution in [0.15, 0.2) is 36.4 Å². The summed E-state index contributed by atoms with van der Waals surface area (Å²) in [7, 11) is 0. The summed E-state index contributed by atoms with van der Waals surface area (Å²) in [5.41, 5.74) is 2.18. The maximum absolute atomic E-state index is 6.07. The van der Waals surface area contributed by atoms with E-state index in [0.717, 1.165) is 23.6 Å². The van der Waals surface area contributed by atoms with Gasteiger partial charge in [-0.3, -0.25) is 0 Å². The lowest BCUT2D eigenvalue weighted by Gasteiger charge is -2.15. The quantitative estimate of drug-likeness (QED) is 0.595. The van der Waals surface area contributed by atoms with Crippen LogP contribution < -0.4 is 14.8 Å². The van der Waals surface area contributed by atoms with E-state index in [0.29, 0.717) is 29.3 Å². The summed E-state index contributed by atoms with van der Waals surface area (Å²) >= 11 is 12.0. The van der Waals surface area contributed by atoms with E-state index in [1.165, 1.54) is 31.2 Å². The summed E-state index contributed by atoms with van der Waals surface area (Å²) in [4.78, 5) is 0. The first-order chi connectivity index (χ1) is 12.7. The van der Waals surface area contributed by atoms with Crippen LogP contribution in [0.3, 0.4) is 0 Å². The second-order valence-electron chi connectivity index (χ2n) is 6.61. The van der Waals surface area contributed by atoms with Crippen LogP contribution in [0, 0.1) is 0 Å². The predicted molar refractivity (Wildman–Crippen MR) is 108 cm³/mol. The highest BCUT2D eigenvalue weighted by Crippen LogP contribution is 2.30. The highest BCUT2D eigenvalue weighted by Gasteiger charge is 2.14. The van der Waals surface area contributed by atoms with Crippen LogP contribution >= 0.6 is 23.2 Å². The van der Waals surface area contributed by atoms with Crippen LogP contribution in [-0.4, -0.2) is 12.6 Å². The number of hydrogen-bond acceptors (Lipinski definition) is 3. The van der Waals surface area contributed by atoms with E-state index in [4.69, 9.17) is 32.7 Å². The third kappa shape index (κ3) is 5.29. The lowest BCUT2D eigenvalue weighted by atomic mass is 10.1. The van der Waals surface area contributed by atoms with Crippen LogP contribution in [0.1, 0.15) is 43.7 Å². The second kappa shape index (κ2) is 9.50. The second-order valence-corrected chi connectivity index (χ2v) is 7.43. The molecule has 0 radical (unpaired) electrons. The van der Waals surface area contributed by atoms with E-state index in [-0.39, 0.29) is 0 Å². The normalized spacial score (nSPS) is 14.6. The fourth-order valence-corrected chi connectivity index (χ4v) is 3.55. The lowest BCUT2D eigenvalue weighted by Crippen LogP contribution is -2.25. The van der Waals surface area contributed by atoms with Crippen LogP contribution in [0.4, 0.5) is 0 Å². The molecular weight excluding hydrogens is 369 g/mol. The molecule has 0 spiro atoms. The molecule has 0 unspecified atom stereocenters. The van der Waals surface area contributed by atoms with Gasteiger partial charge in [0.1, 0.15) is 6.61 Å². The molecule has 140 valence electrons. The standard InChI is InChI=1S/C21H25Cl2NO2/c1-2-25-21-12-15(13-24-17-5-3-4-6-17)8-10-20(21)26-14-16-7-9-18(22)19(23)11-16/h7-12,17,24H,2-6,13-14H2,1H3. The molecule has 3 rings (SSSR count). The first-order valence-corrected chi connectivity index (χ1v) is 9.97. The summed E-state index contributed by atoms with van der Waals surface area (Å²) in [6.45, 7) is 3.85. The van der Waals surface area contributed by atoms with Crippen molar-refractivity contribution in [2.75, 3.05) is 6.61 Å². The van der Waals surface area contributed by atoms with Crippen LogP contribution in [0.25, 0.3) is 0 Å². The van der Waals surface area contributed by atoms with Crippen molar-refractivity contribution >= 4 is 23.2 Å². The van der Waals surface area contributed by atoms with Gasteiger partial charge in [-0.15, -0.1) is 0 Å². The molecule has 1 N–H and O–H groups in total. The molecule has 26 heavy (non-hydrogen) atoms. The molecule has 2 aromatic rings. The minimum Gasteiger partial charge on any atom is -0.490 e. The average Bonchev–Trinajstić information content (AvgIpc) is 3.16. The molecule has 2 aromatic carbocycles. The van der Waals surface area contributed by atoms with Crippen LogP contribution in [0.5, 0.6) is 11.5 Å². The number of benzene rings is 2. The third-order valence-electron chi connectivity index (χ3n) is 4.64.